The third-order valence-corrected chi connectivity index (χ3v) is 7.31. The van der Waals surface area contributed by atoms with Gasteiger partial charge in [-0.1, -0.05) is 41.6 Å². The molecule has 0 fully saturated rings. The van der Waals surface area contributed by atoms with E-state index < -0.39 is 0 Å². The van der Waals surface area contributed by atoms with Crippen molar-refractivity contribution in [2.75, 3.05) is 4.90 Å². The predicted octanol–water partition coefficient (Wildman–Crippen LogP) is 6.54. The molecule has 0 aliphatic heterocycles. The smallest absolute Gasteiger partial charge is 0.230 e. The number of thiazole rings is 1. The van der Waals surface area contributed by atoms with Gasteiger partial charge in [0.25, 0.3) is 0 Å². The molecule has 2 aromatic carbocycles. The van der Waals surface area contributed by atoms with Crippen LogP contribution in [0.4, 0.5) is 10.8 Å². The fraction of sp³-hybridized carbons (Fsp3) is 0.240. The molecule has 164 valence electrons. The van der Waals surface area contributed by atoms with Gasteiger partial charge in [0.05, 0.1) is 17.1 Å². The van der Waals surface area contributed by atoms with Crippen LogP contribution in [0.5, 0.6) is 0 Å². The van der Waals surface area contributed by atoms with Crippen LogP contribution >= 0.6 is 23.1 Å². The second-order valence-corrected chi connectivity index (χ2v) is 9.63. The van der Waals surface area contributed by atoms with E-state index in [1.165, 1.54) is 28.0 Å². The minimum atomic E-state index is -0.0454. The first-order valence-electron chi connectivity index (χ1n) is 10.4. The Morgan fingerprint density at radius 2 is 1.94 bits per heavy atom. The highest BCUT2D eigenvalue weighted by atomic mass is 32.2. The summed E-state index contributed by atoms with van der Waals surface area (Å²) in [6, 6.07) is 12.4. The van der Waals surface area contributed by atoms with Crippen LogP contribution in [0.3, 0.4) is 0 Å². The van der Waals surface area contributed by atoms with Crippen molar-refractivity contribution in [2.24, 2.45) is 0 Å². The number of carbonyl (C=O) groups excluding carboxylic acids is 1. The van der Waals surface area contributed by atoms with Crippen molar-refractivity contribution in [3.05, 3.63) is 82.1 Å². The molecule has 0 unspecified atom stereocenters. The molecule has 0 aliphatic rings. The monoisotopic (exact) mass is 462 g/mol. The molecule has 7 heteroatoms. The minimum Gasteiger partial charge on any atom is -0.295 e. The summed E-state index contributed by atoms with van der Waals surface area (Å²) in [6.45, 7) is 9.91. The van der Waals surface area contributed by atoms with E-state index in [4.69, 9.17) is 4.98 Å². The van der Waals surface area contributed by atoms with Gasteiger partial charge in [-0.3, -0.25) is 14.3 Å². The molecule has 1 amide bonds. The SMILES string of the molecule is CC(=O)N(c1nc(CSc2nccn2-c2cccc(C)c2C)cs1)c1ccc(C)cc1C. The molecular formula is C25H26N4OS2. The molecule has 2 heterocycles. The maximum Gasteiger partial charge on any atom is 0.230 e. The molecule has 0 saturated carbocycles. The summed E-state index contributed by atoms with van der Waals surface area (Å²) in [5.74, 6) is 0.632. The lowest BCUT2D eigenvalue weighted by molar-refractivity contribution is -0.115. The predicted molar refractivity (Wildman–Crippen MR) is 133 cm³/mol. The Morgan fingerprint density at radius 1 is 1.12 bits per heavy atom. The van der Waals surface area contributed by atoms with Gasteiger partial charge in [-0.05, 0) is 56.5 Å². The van der Waals surface area contributed by atoms with Crippen molar-refractivity contribution in [3.63, 3.8) is 0 Å². The van der Waals surface area contributed by atoms with Crippen molar-refractivity contribution in [1.82, 2.24) is 14.5 Å². The highest BCUT2D eigenvalue weighted by Crippen LogP contribution is 2.33. The van der Waals surface area contributed by atoms with Gasteiger partial charge in [-0.15, -0.1) is 11.3 Å². The summed E-state index contributed by atoms with van der Waals surface area (Å²) in [6.07, 6.45) is 3.82. The lowest BCUT2D eigenvalue weighted by Gasteiger charge is -2.20. The van der Waals surface area contributed by atoms with Crippen LogP contribution in [-0.4, -0.2) is 20.4 Å². The van der Waals surface area contributed by atoms with E-state index in [0.717, 1.165) is 27.8 Å². The standard InChI is InChI=1S/C25H26N4OS2/c1-16-9-10-22(18(3)13-16)29(20(5)30)25-27-21(15-32-25)14-31-24-26-11-12-28(24)23-8-6-7-17(2)19(23)4/h6-13,15H,14H2,1-5H3. The van der Waals surface area contributed by atoms with E-state index in [1.54, 1.807) is 23.6 Å². The second-order valence-electron chi connectivity index (χ2n) is 7.85. The number of aryl methyl sites for hydroxylation is 3. The third kappa shape index (κ3) is 4.49. The maximum atomic E-state index is 12.5. The van der Waals surface area contributed by atoms with Crippen molar-refractivity contribution in [1.29, 1.82) is 0 Å². The van der Waals surface area contributed by atoms with Crippen molar-refractivity contribution in [3.8, 4) is 5.69 Å². The number of imidazole rings is 1. The van der Waals surface area contributed by atoms with Gasteiger partial charge in [0.2, 0.25) is 5.91 Å². The molecule has 0 spiro atoms. The normalized spacial score (nSPS) is 11.0. The highest BCUT2D eigenvalue weighted by molar-refractivity contribution is 7.98. The van der Waals surface area contributed by atoms with Gasteiger partial charge < -0.3 is 0 Å². The van der Waals surface area contributed by atoms with Gasteiger partial charge in [-0.25, -0.2) is 9.97 Å². The fourth-order valence-electron chi connectivity index (χ4n) is 3.64. The lowest BCUT2D eigenvalue weighted by Crippen LogP contribution is -2.23. The van der Waals surface area contributed by atoms with Crippen LogP contribution in [-0.2, 0) is 10.5 Å². The second kappa shape index (κ2) is 9.30. The van der Waals surface area contributed by atoms with E-state index in [1.807, 2.05) is 36.8 Å². The Kier molecular flexibility index (Phi) is 6.48. The van der Waals surface area contributed by atoms with Gasteiger partial charge >= 0.3 is 0 Å². The number of rotatable bonds is 6. The summed E-state index contributed by atoms with van der Waals surface area (Å²) in [4.78, 5) is 23.5. The topological polar surface area (TPSA) is 51.0 Å². The van der Waals surface area contributed by atoms with Gasteiger partial charge in [0.15, 0.2) is 10.3 Å². The minimum absolute atomic E-state index is 0.0454. The van der Waals surface area contributed by atoms with E-state index in [0.29, 0.717) is 10.9 Å². The van der Waals surface area contributed by atoms with Crippen LogP contribution < -0.4 is 4.90 Å². The van der Waals surface area contributed by atoms with E-state index >= 15 is 0 Å². The zero-order valence-corrected chi connectivity index (χ0v) is 20.5. The zero-order valence-electron chi connectivity index (χ0n) is 18.9. The van der Waals surface area contributed by atoms with Gasteiger partial charge in [-0.2, -0.15) is 0 Å². The van der Waals surface area contributed by atoms with Crippen LogP contribution in [0.2, 0.25) is 0 Å². The highest BCUT2D eigenvalue weighted by Gasteiger charge is 2.20. The molecule has 5 nitrogen and oxygen atoms in total. The molecular weight excluding hydrogens is 436 g/mol. The van der Waals surface area contributed by atoms with Crippen molar-refractivity contribution < 1.29 is 4.79 Å². The van der Waals surface area contributed by atoms with Crippen molar-refractivity contribution >= 4 is 39.8 Å². The van der Waals surface area contributed by atoms with E-state index in [2.05, 4.69) is 54.6 Å². The first-order chi connectivity index (χ1) is 15.3. The third-order valence-electron chi connectivity index (χ3n) is 5.43. The number of nitrogens with zero attached hydrogens (tertiary/aromatic N) is 4. The quantitative estimate of drug-likeness (QED) is 0.305. The number of amides is 1. The number of aromatic nitrogens is 3. The van der Waals surface area contributed by atoms with Crippen molar-refractivity contribution in [2.45, 2.75) is 45.5 Å². The average molecular weight is 463 g/mol. The Bertz CT molecular complexity index is 1270. The number of benzene rings is 2. The zero-order chi connectivity index (χ0) is 22.8. The number of hydrogen-bond acceptors (Lipinski definition) is 5. The molecule has 0 bridgehead atoms. The maximum absolute atomic E-state index is 12.5. The molecule has 0 N–H and O–H groups in total. The molecule has 4 aromatic rings. The first-order valence-corrected chi connectivity index (χ1v) is 12.3. The number of anilines is 2. The summed E-state index contributed by atoms with van der Waals surface area (Å²) >= 11 is 3.13. The summed E-state index contributed by atoms with van der Waals surface area (Å²) in [7, 11) is 0. The molecule has 0 saturated heterocycles. The Morgan fingerprint density at radius 3 is 2.69 bits per heavy atom. The molecule has 4 rings (SSSR count). The number of thioether (sulfide) groups is 1. The summed E-state index contributed by atoms with van der Waals surface area (Å²) < 4.78 is 2.12. The first kappa shape index (κ1) is 22.3. The van der Waals surface area contributed by atoms with Crippen LogP contribution in [0.25, 0.3) is 5.69 Å². The largest absolute Gasteiger partial charge is 0.295 e. The van der Waals surface area contributed by atoms with Crippen LogP contribution in [0.1, 0.15) is 34.9 Å². The van der Waals surface area contributed by atoms with Gasteiger partial charge in [0.1, 0.15) is 0 Å². The molecule has 2 aromatic heterocycles. The molecule has 0 aliphatic carbocycles. The van der Waals surface area contributed by atoms with Gasteiger partial charge in [0, 0.05) is 30.5 Å². The van der Waals surface area contributed by atoms with Crippen LogP contribution in [0.15, 0.2) is 59.3 Å². The average Bonchev–Trinajstić information content (AvgIpc) is 3.40. The van der Waals surface area contributed by atoms with E-state index in [9.17, 15) is 4.79 Å². The summed E-state index contributed by atoms with van der Waals surface area (Å²) in [5, 5.41) is 3.64. The Hall–Kier alpha value is -2.90. The van der Waals surface area contributed by atoms with E-state index in [-0.39, 0.29) is 5.91 Å². The Labute approximate surface area is 197 Å². The molecule has 0 radical (unpaired) electrons. The fourth-order valence-corrected chi connectivity index (χ4v) is 5.49. The summed E-state index contributed by atoms with van der Waals surface area (Å²) in [5.41, 5.74) is 7.68. The Balaban J connectivity index is 1.55. The number of carbonyl (C=O) groups is 1. The number of hydrogen-bond donors (Lipinski definition) is 0. The lowest BCUT2D eigenvalue weighted by atomic mass is 10.1. The molecule has 32 heavy (non-hydrogen) atoms. The van der Waals surface area contributed by atoms with Crippen LogP contribution in [0, 0.1) is 27.7 Å². The molecule has 0 atom stereocenters.